The van der Waals surface area contributed by atoms with Crippen LogP contribution in [0.3, 0.4) is 0 Å². The molecule has 1 aliphatic rings. The maximum Gasteiger partial charge on any atom is 0.329 e. The molecule has 76 valence electrons. The first kappa shape index (κ1) is 10.6. The molecule has 2 nitrogen and oxygen atoms in total. The highest BCUT2D eigenvalue weighted by Gasteiger charge is 2.63. The van der Waals surface area contributed by atoms with Gasteiger partial charge in [0.25, 0.3) is 0 Å². The van der Waals surface area contributed by atoms with Crippen LogP contribution < -0.4 is 0 Å². The molecule has 13 heavy (non-hydrogen) atoms. The van der Waals surface area contributed by atoms with Crippen LogP contribution in [0.5, 0.6) is 0 Å². The Kier molecular flexibility index (Phi) is 2.44. The van der Waals surface area contributed by atoms with Crippen molar-refractivity contribution in [1.29, 1.82) is 0 Å². The molecule has 0 radical (unpaired) electrons. The molecule has 0 saturated carbocycles. The molecule has 1 amide bonds. The second-order valence-corrected chi connectivity index (χ2v) is 3.06. The summed E-state index contributed by atoms with van der Waals surface area (Å²) in [7, 11) is 0. The fraction of sp³-hybridized carbons (Fsp3) is 0.833. The van der Waals surface area contributed by atoms with Crippen LogP contribution in [0.4, 0.5) is 17.6 Å². The molecule has 0 bridgehead atoms. The fourth-order valence-electron chi connectivity index (χ4n) is 1.03. The van der Waals surface area contributed by atoms with Crippen LogP contribution >= 0.6 is 11.6 Å². The lowest BCUT2D eigenvalue weighted by molar-refractivity contribution is -0.172. The molecule has 0 aromatic carbocycles. The van der Waals surface area contributed by atoms with Gasteiger partial charge in [-0.3, -0.25) is 4.79 Å². The number of alkyl halides is 5. The summed E-state index contributed by atoms with van der Waals surface area (Å²) in [6.45, 7) is -2.52. The fourth-order valence-corrected chi connectivity index (χ4v) is 1.20. The molecule has 7 heteroatoms. The third kappa shape index (κ3) is 1.72. The van der Waals surface area contributed by atoms with Gasteiger partial charge >= 0.3 is 11.8 Å². The Hall–Kier alpha value is -0.520. The number of halogens is 5. The lowest BCUT2D eigenvalue weighted by atomic mass is 10.2. The van der Waals surface area contributed by atoms with Crippen molar-refractivity contribution in [2.75, 3.05) is 19.0 Å². The number of nitrogens with zero attached hydrogens (tertiary/aromatic N) is 1. The van der Waals surface area contributed by atoms with Gasteiger partial charge in [-0.1, -0.05) is 0 Å². The van der Waals surface area contributed by atoms with Gasteiger partial charge in [0, 0.05) is 0 Å². The largest absolute Gasteiger partial charge is 0.329 e. The maximum atomic E-state index is 12.5. The van der Waals surface area contributed by atoms with Crippen molar-refractivity contribution in [3.8, 4) is 0 Å². The quantitative estimate of drug-likeness (QED) is 0.481. The Morgan fingerprint density at radius 2 is 1.62 bits per heavy atom. The zero-order chi connectivity index (χ0) is 10.3. The Balaban J connectivity index is 2.76. The first-order valence-electron chi connectivity index (χ1n) is 3.39. The van der Waals surface area contributed by atoms with Gasteiger partial charge in [0.15, 0.2) is 0 Å². The van der Waals surface area contributed by atoms with Crippen LogP contribution in [-0.2, 0) is 4.79 Å². The lowest BCUT2D eigenvalue weighted by Gasteiger charge is -2.14. The van der Waals surface area contributed by atoms with E-state index in [9.17, 15) is 22.4 Å². The molecule has 1 heterocycles. The Labute approximate surface area is 76.4 Å². The number of likely N-dealkylation sites (tertiary alicyclic amines) is 1. The van der Waals surface area contributed by atoms with Gasteiger partial charge in [-0.15, -0.1) is 11.6 Å². The summed E-state index contributed by atoms with van der Waals surface area (Å²) in [5.74, 6) is -9.76. The van der Waals surface area contributed by atoms with Crippen molar-refractivity contribution in [3.05, 3.63) is 0 Å². The van der Waals surface area contributed by atoms with E-state index >= 15 is 0 Å². The normalized spacial score (nSPS) is 24.8. The highest BCUT2D eigenvalue weighted by molar-refractivity contribution is 6.27. The predicted molar refractivity (Wildman–Crippen MR) is 37.2 cm³/mol. The van der Waals surface area contributed by atoms with Gasteiger partial charge in [-0.25, -0.2) is 0 Å². The summed E-state index contributed by atoms with van der Waals surface area (Å²) >= 11 is 5.04. The topological polar surface area (TPSA) is 20.3 Å². The van der Waals surface area contributed by atoms with E-state index in [1.165, 1.54) is 0 Å². The first-order chi connectivity index (χ1) is 5.80. The van der Waals surface area contributed by atoms with Crippen LogP contribution in [0, 0.1) is 0 Å². The average molecular weight is 220 g/mol. The maximum absolute atomic E-state index is 12.5. The summed E-state index contributed by atoms with van der Waals surface area (Å²) in [6, 6.07) is 0. The van der Waals surface area contributed by atoms with E-state index in [0.29, 0.717) is 4.90 Å². The minimum Gasteiger partial charge on any atom is -0.329 e. The zero-order valence-electron chi connectivity index (χ0n) is 6.37. The minimum absolute atomic E-state index is 0.368. The van der Waals surface area contributed by atoms with E-state index in [4.69, 9.17) is 11.6 Å². The van der Waals surface area contributed by atoms with Crippen LogP contribution in [0.2, 0.25) is 0 Å². The van der Waals surface area contributed by atoms with Crippen LogP contribution in [0.1, 0.15) is 0 Å². The Morgan fingerprint density at radius 1 is 1.23 bits per heavy atom. The smallest absolute Gasteiger partial charge is 0.329 e. The lowest BCUT2D eigenvalue weighted by Crippen LogP contribution is -2.38. The third-order valence-electron chi connectivity index (χ3n) is 1.78. The number of hydrogen-bond acceptors (Lipinski definition) is 1. The molecular formula is C6H6ClF4NO. The molecule has 1 saturated heterocycles. The van der Waals surface area contributed by atoms with E-state index < -0.39 is 36.7 Å². The molecule has 0 spiro atoms. The second-order valence-electron chi connectivity index (χ2n) is 2.79. The number of hydrogen-bond donors (Lipinski definition) is 0. The second kappa shape index (κ2) is 3.01. The molecule has 0 N–H and O–H groups in total. The van der Waals surface area contributed by atoms with E-state index in [2.05, 4.69) is 0 Å². The van der Waals surface area contributed by atoms with E-state index in [-0.39, 0.29) is 0 Å². The first-order valence-corrected chi connectivity index (χ1v) is 3.93. The van der Waals surface area contributed by atoms with Crippen LogP contribution in [0.25, 0.3) is 0 Å². The van der Waals surface area contributed by atoms with Gasteiger partial charge in [0.2, 0.25) is 5.91 Å². The van der Waals surface area contributed by atoms with Gasteiger partial charge in [-0.2, -0.15) is 17.6 Å². The van der Waals surface area contributed by atoms with Gasteiger partial charge < -0.3 is 4.90 Å². The number of rotatable bonds is 1. The van der Waals surface area contributed by atoms with Gasteiger partial charge in [-0.05, 0) is 0 Å². The number of carbonyl (C=O) groups excluding carboxylic acids is 1. The summed E-state index contributed by atoms with van der Waals surface area (Å²) in [5, 5.41) is 0. The standard InChI is InChI=1S/C6H6ClF4NO/c7-1-4(13)12-2-5(8,9)6(10,11)3-12/h1-3H2. The number of carbonyl (C=O) groups is 1. The molecule has 1 aliphatic heterocycles. The average Bonchev–Trinajstić information content (AvgIpc) is 2.20. The molecule has 0 atom stereocenters. The van der Waals surface area contributed by atoms with Crippen molar-refractivity contribution in [1.82, 2.24) is 4.90 Å². The molecule has 1 rings (SSSR count). The van der Waals surface area contributed by atoms with E-state index in [0.717, 1.165) is 0 Å². The highest BCUT2D eigenvalue weighted by Crippen LogP contribution is 2.40. The van der Waals surface area contributed by atoms with Crippen molar-refractivity contribution >= 4 is 17.5 Å². The predicted octanol–water partition coefficient (Wildman–Crippen LogP) is 1.34. The van der Waals surface area contributed by atoms with Crippen molar-refractivity contribution in [2.24, 2.45) is 0 Å². The molecule has 0 unspecified atom stereocenters. The van der Waals surface area contributed by atoms with Gasteiger partial charge in [0.05, 0.1) is 13.1 Å². The van der Waals surface area contributed by atoms with E-state index in [1.54, 1.807) is 0 Å². The third-order valence-corrected chi connectivity index (χ3v) is 2.01. The molecule has 0 aromatic heterocycles. The summed E-state index contributed by atoms with van der Waals surface area (Å²) in [4.78, 5) is 11.1. The summed E-state index contributed by atoms with van der Waals surface area (Å²) in [5.41, 5.74) is 0. The van der Waals surface area contributed by atoms with Crippen molar-refractivity contribution in [3.63, 3.8) is 0 Å². The molecular weight excluding hydrogens is 214 g/mol. The van der Waals surface area contributed by atoms with Gasteiger partial charge in [0.1, 0.15) is 5.88 Å². The Morgan fingerprint density at radius 3 is 1.92 bits per heavy atom. The van der Waals surface area contributed by atoms with Crippen LogP contribution in [0.15, 0.2) is 0 Å². The monoisotopic (exact) mass is 219 g/mol. The molecule has 1 fully saturated rings. The number of amides is 1. The van der Waals surface area contributed by atoms with Crippen LogP contribution in [-0.4, -0.2) is 41.6 Å². The Bertz CT molecular complexity index is 217. The minimum atomic E-state index is -4.14. The summed E-state index contributed by atoms with van der Waals surface area (Å²) in [6.07, 6.45) is 0. The van der Waals surface area contributed by atoms with E-state index in [1.807, 2.05) is 0 Å². The van der Waals surface area contributed by atoms with Crippen molar-refractivity contribution in [2.45, 2.75) is 11.8 Å². The zero-order valence-corrected chi connectivity index (χ0v) is 7.12. The van der Waals surface area contributed by atoms with Crippen molar-refractivity contribution < 1.29 is 22.4 Å². The summed E-state index contributed by atoms with van der Waals surface area (Å²) < 4.78 is 49.9. The molecule has 0 aromatic rings. The molecule has 0 aliphatic carbocycles. The highest BCUT2D eigenvalue weighted by atomic mass is 35.5. The SMILES string of the molecule is O=C(CCl)N1CC(F)(F)C(F)(F)C1.